The number of methoxy groups -OCH3 is 1. The lowest BCUT2D eigenvalue weighted by atomic mass is 10.2. The first-order chi connectivity index (χ1) is 7.93. The Balaban J connectivity index is 4.54. The molecule has 0 aromatic rings. The summed E-state index contributed by atoms with van der Waals surface area (Å²) >= 11 is 0. The normalized spacial score (nSPS) is 12.0. The van der Waals surface area contributed by atoms with Gasteiger partial charge in [0.15, 0.2) is 0 Å². The minimum atomic E-state index is -1.02. The predicted molar refractivity (Wildman–Crippen MR) is 64.0 cm³/mol. The zero-order valence-electron chi connectivity index (χ0n) is 11.0. The molecule has 100 valence electrons. The van der Waals surface area contributed by atoms with Crippen molar-refractivity contribution in [1.82, 2.24) is 9.80 Å². The molecule has 6 heteroatoms. The predicted octanol–water partition coefficient (Wildman–Crippen LogP) is 0.870. The van der Waals surface area contributed by atoms with Crippen molar-refractivity contribution in [2.75, 3.05) is 33.9 Å². The van der Waals surface area contributed by atoms with Crippen molar-refractivity contribution in [2.24, 2.45) is 0 Å². The lowest BCUT2D eigenvalue weighted by molar-refractivity contribution is -0.137. The number of hydrogen-bond donors (Lipinski definition) is 1. The van der Waals surface area contributed by atoms with Crippen LogP contribution in [0.5, 0.6) is 0 Å². The standard InChI is InChI=1S/C11H22N2O4/c1-5-9(2)12(3)11(16)13(6-7-17-4)8-10(14)15/h9H,5-8H2,1-4H3,(H,14,15). The van der Waals surface area contributed by atoms with Crippen molar-refractivity contribution in [3.05, 3.63) is 0 Å². The molecule has 1 atom stereocenters. The van der Waals surface area contributed by atoms with E-state index >= 15 is 0 Å². The smallest absolute Gasteiger partial charge is 0.323 e. The number of aliphatic carboxylic acids is 1. The molecule has 0 aliphatic heterocycles. The van der Waals surface area contributed by atoms with E-state index in [1.807, 2.05) is 13.8 Å². The zero-order chi connectivity index (χ0) is 13.4. The van der Waals surface area contributed by atoms with Crippen LogP contribution in [0, 0.1) is 0 Å². The Morgan fingerprint density at radius 2 is 2.00 bits per heavy atom. The topological polar surface area (TPSA) is 70.1 Å². The molecule has 0 heterocycles. The summed E-state index contributed by atoms with van der Waals surface area (Å²) in [5, 5.41) is 8.76. The minimum absolute atomic E-state index is 0.0846. The molecular weight excluding hydrogens is 224 g/mol. The van der Waals surface area contributed by atoms with Crippen molar-refractivity contribution in [2.45, 2.75) is 26.3 Å². The number of amides is 2. The van der Waals surface area contributed by atoms with Crippen molar-refractivity contribution in [1.29, 1.82) is 0 Å². The number of urea groups is 1. The van der Waals surface area contributed by atoms with E-state index < -0.39 is 5.97 Å². The van der Waals surface area contributed by atoms with Crippen molar-refractivity contribution < 1.29 is 19.4 Å². The van der Waals surface area contributed by atoms with E-state index in [4.69, 9.17) is 9.84 Å². The second kappa shape index (κ2) is 7.89. The summed E-state index contributed by atoms with van der Waals surface area (Å²) in [4.78, 5) is 25.5. The molecule has 0 aromatic carbocycles. The van der Waals surface area contributed by atoms with Gasteiger partial charge in [-0.25, -0.2) is 4.79 Å². The molecule has 0 rings (SSSR count). The molecule has 6 nitrogen and oxygen atoms in total. The van der Waals surface area contributed by atoms with E-state index in [0.717, 1.165) is 6.42 Å². The molecule has 0 aromatic heterocycles. The molecule has 0 aliphatic rings. The van der Waals surface area contributed by atoms with Gasteiger partial charge in [0.05, 0.1) is 6.61 Å². The number of carboxylic acid groups (broad SMARTS) is 1. The number of hydrogen-bond acceptors (Lipinski definition) is 3. The van der Waals surface area contributed by atoms with Crippen molar-refractivity contribution in [3.63, 3.8) is 0 Å². The number of carboxylic acids is 1. The van der Waals surface area contributed by atoms with Crippen LogP contribution in [0.2, 0.25) is 0 Å². The third-order valence-electron chi connectivity index (χ3n) is 2.72. The number of rotatable bonds is 7. The van der Waals surface area contributed by atoms with Crippen molar-refractivity contribution in [3.8, 4) is 0 Å². The Bertz CT molecular complexity index is 258. The van der Waals surface area contributed by atoms with E-state index in [2.05, 4.69) is 0 Å². The molecule has 0 radical (unpaired) electrons. The van der Waals surface area contributed by atoms with Gasteiger partial charge >= 0.3 is 12.0 Å². The summed E-state index contributed by atoms with van der Waals surface area (Å²) in [5.41, 5.74) is 0. The van der Waals surface area contributed by atoms with E-state index in [1.165, 1.54) is 12.0 Å². The first-order valence-corrected chi connectivity index (χ1v) is 5.66. The van der Waals surface area contributed by atoms with Gasteiger partial charge in [-0.3, -0.25) is 4.79 Å². The highest BCUT2D eigenvalue weighted by atomic mass is 16.5. The maximum atomic E-state index is 12.0. The van der Waals surface area contributed by atoms with Gasteiger partial charge < -0.3 is 19.6 Å². The van der Waals surface area contributed by atoms with Gasteiger partial charge in [-0.15, -0.1) is 0 Å². The van der Waals surface area contributed by atoms with Gasteiger partial charge in [0.1, 0.15) is 6.54 Å². The zero-order valence-corrected chi connectivity index (χ0v) is 11.0. The largest absolute Gasteiger partial charge is 0.480 e. The van der Waals surface area contributed by atoms with Gasteiger partial charge in [-0.1, -0.05) is 6.92 Å². The van der Waals surface area contributed by atoms with Gasteiger partial charge in [-0.2, -0.15) is 0 Å². The van der Waals surface area contributed by atoms with Gasteiger partial charge in [0, 0.05) is 26.7 Å². The van der Waals surface area contributed by atoms with E-state index in [9.17, 15) is 9.59 Å². The summed E-state index contributed by atoms with van der Waals surface area (Å²) in [6.45, 7) is 4.21. The Labute approximate surface area is 102 Å². The average molecular weight is 246 g/mol. The van der Waals surface area contributed by atoms with Crippen LogP contribution in [0.4, 0.5) is 4.79 Å². The number of ether oxygens (including phenoxy) is 1. The fraction of sp³-hybridized carbons (Fsp3) is 0.818. The van der Waals surface area contributed by atoms with Gasteiger partial charge in [0.25, 0.3) is 0 Å². The lowest BCUT2D eigenvalue weighted by Crippen LogP contribution is -2.47. The number of carbonyl (C=O) groups excluding carboxylic acids is 1. The van der Waals surface area contributed by atoms with Gasteiger partial charge in [-0.05, 0) is 13.3 Å². The lowest BCUT2D eigenvalue weighted by Gasteiger charge is -2.30. The molecular formula is C11H22N2O4. The van der Waals surface area contributed by atoms with Crippen LogP contribution in [-0.4, -0.2) is 66.8 Å². The quantitative estimate of drug-likeness (QED) is 0.723. The highest BCUT2D eigenvalue weighted by molar-refractivity contribution is 5.80. The highest BCUT2D eigenvalue weighted by Gasteiger charge is 2.22. The van der Waals surface area contributed by atoms with E-state index in [0.29, 0.717) is 6.61 Å². The molecule has 0 aliphatic carbocycles. The van der Waals surface area contributed by atoms with Crippen molar-refractivity contribution >= 4 is 12.0 Å². The molecule has 0 saturated heterocycles. The van der Waals surface area contributed by atoms with Crippen LogP contribution in [0.25, 0.3) is 0 Å². The fourth-order valence-corrected chi connectivity index (χ4v) is 1.29. The Kier molecular flexibility index (Phi) is 7.29. The second-order valence-corrected chi connectivity index (χ2v) is 3.96. The number of nitrogens with zero attached hydrogens (tertiary/aromatic N) is 2. The first-order valence-electron chi connectivity index (χ1n) is 5.66. The third-order valence-corrected chi connectivity index (χ3v) is 2.72. The summed E-state index contributed by atoms with van der Waals surface area (Å²) in [6, 6.07) is -0.194. The summed E-state index contributed by atoms with van der Waals surface area (Å²) in [7, 11) is 3.19. The van der Waals surface area contributed by atoms with Crippen LogP contribution in [0.3, 0.4) is 0 Å². The van der Waals surface area contributed by atoms with Crippen LogP contribution in [-0.2, 0) is 9.53 Å². The second-order valence-electron chi connectivity index (χ2n) is 3.96. The van der Waals surface area contributed by atoms with Gasteiger partial charge in [0.2, 0.25) is 0 Å². The van der Waals surface area contributed by atoms with Crippen LogP contribution >= 0.6 is 0 Å². The number of carbonyl (C=O) groups is 2. The molecule has 1 unspecified atom stereocenters. The fourth-order valence-electron chi connectivity index (χ4n) is 1.29. The maximum absolute atomic E-state index is 12.0. The summed E-state index contributed by atoms with van der Waals surface area (Å²) < 4.78 is 4.87. The van der Waals surface area contributed by atoms with E-state index in [-0.39, 0.29) is 25.2 Å². The minimum Gasteiger partial charge on any atom is -0.480 e. The maximum Gasteiger partial charge on any atom is 0.323 e. The first kappa shape index (κ1) is 15.7. The molecule has 1 N–H and O–H groups in total. The Morgan fingerprint density at radius 3 is 2.41 bits per heavy atom. The van der Waals surface area contributed by atoms with Crippen LogP contribution in [0.15, 0.2) is 0 Å². The monoisotopic (exact) mass is 246 g/mol. The molecule has 0 bridgehead atoms. The highest BCUT2D eigenvalue weighted by Crippen LogP contribution is 2.05. The molecule has 17 heavy (non-hydrogen) atoms. The Hall–Kier alpha value is -1.30. The van der Waals surface area contributed by atoms with Crippen LogP contribution < -0.4 is 0 Å². The SMILES string of the molecule is CCC(C)N(C)C(=O)N(CCOC)CC(=O)O. The molecule has 0 spiro atoms. The molecule has 0 fully saturated rings. The molecule has 2 amide bonds. The third kappa shape index (κ3) is 5.53. The Morgan fingerprint density at radius 1 is 1.41 bits per heavy atom. The van der Waals surface area contributed by atoms with Crippen LogP contribution in [0.1, 0.15) is 20.3 Å². The average Bonchev–Trinajstić information content (AvgIpc) is 2.31. The summed E-state index contributed by atoms with van der Waals surface area (Å²) in [5.74, 6) is -1.02. The molecule has 0 saturated carbocycles. The van der Waals surface area contributed by atoms with E-state index in [1.54, 1.807) is 11.9 Å². The summed E-state index contributed by atoms with van der Waals surface area (Å²) in [6.07, 6.45) is 0.827.